The van der Waals surface area contributed by atoms with E-state index >= 15 is 0 Å². The van der Waals surface area contributed by atoms with Crippen molar-refractivity contribution in [2.75, 3.05) is 19.0 Å². The molecule has 0 aliphatic carbocycles. The maximum Gasteiger partial charge on any atom is 0.272 e. The number of carbonyl (C=O) groups excluding carboxylic acids is 1. The van der Waals surface area contributed by atoms with Gasteiger partial charge in [-0.15, -0.1) is 5.10 Å². The minimum absolute atomic E-state index is 0.125. The van der Waals surface area contributed by atoms with Crippen molar-refractivity contribution in [2.24, 2.45) is 0 Å². The highest BCUT2D eigenvalue weighted by Gasteiger charge is 2.33. The number of nitrogens with one attached hydrogen (secondary N) is 1. The fraction of sp³-hybridized carbons (Fsp3) is 0.192. The van der Waals surface area contributed by atoms with E-state index in [0.29, 0.717) is 29.6 Å². The molecule has 0 bridgehead atoms. The molecule has 35 heavy (non-hydrogen) atoms. The lowest BCUT2D eigenvalue weighted by Gasteiger charge is -2.25. The Kier molecular flexibility index (Phi) is 5.97. The summed E-state index contributed by atoms with van der Waals surface area (Å²) >= 11 is 0. The van der Waals surface area contributed by atoms with Gasteiger partial charge in [0.15, 0.2) is 11.5 Å². The minimum Gasteiger partial charge on any atom is -0.493 e. The number of hydrogen-bond acceptors (Lipinski definition) is 7. The lowest BCUT2D eigenvalue weighted by Crippen LogP contribution is -2.25. The number of methoxy groups -OCH3 is 1. The molecule has 3 heterocycles. The van der Waals surface area contributed by atoms with Gasteiger partial charge in [0, 0.05) is 23.5 Å². The molecule has 1 unspecified atom stereocenters. The van der Waals surface area contributed by atoms with Gasteiger partial charge in [-0.2, -0.15) is 14.9 Å². The largest absolute Gasteiger partial charge is 0.493 e. The van der Waals surface area contributed by atoms with Gasteiger partial charge in [0.25, 0.3) is 5.95 Å². The van der Waals surface area contributed by atoms with Gasteiger partial charge in [0.05, 0.1) is 24.7 Å². The molecule has 0 radical (unpaired) electrons. The molecule has 1 amide bonds. The van der Waals surface area contributed by atoms with E-state index in [1.54, 1.807) is 24.1 Å². The predicted octanol–water partition coefficient (Wildman–Crippen LogP) is 4.08. The lowest BCUT2D eigenvalue weighted by atomic mass is 9.85. The highest BCUT2D eigenvalue weighted by molar-refractivity contribution is 5.95. The van der Waals surface area contributed by atoms with Crippen LogP contribution in [0.2, 0.25) is 0 Å². The molecule has 176 valence electrons. The summed E-state index contributed by atoms with van der Waals surface area (Å²) in [7, 11) is 1.59. The molecular weight excluding hydrogens is 444 g/mol. The zero-order chi connectivity index (χ0) is 24.4. The SMILES string of the molecule is C=CCOc1cc(C2CC(=O)Nc3c2c(C)nn3-c2nncc(-c3ccccc3)n2)ccc1OC. The molecule has 2 aromatic heterocycles. The normalized spacial score (nSPS) is 14.7. The summed E-state index contributed by atoms with van der Waals surface area (Å²) in [6, 6.07) is 15.4. The average Bonchev–Trinajstić information content (AvgIpc) is 3.23. The summed E-state index contributed by atoms with van der Waals surface area (Å²) in [5.41, 5.74) is 4.16. The number of ether oxygens (including phenoxy) is 2. The monoisotopic (exact) mass is 468 g/mol. The second-order valence-electron chi connectivity index (χ2n) is 8.08. The standard InChI is InChI=1S/C26H24N6O3/c1-4-12-35-22-13-18(10-11-21(22)34-3)19-14-23(33)29-25-24(19)16(2)31-32(25)26-28-20(15-27-30-26)17-8-6-5-7-9-17/h4-11,13,15,19H,1,12,14H2,2-3H3,(H,29,33). The van der Waals surface area contributed by atoms with Crippen LogP contribution in [-0.4, -0.2) is 44.6 Å². The number of hydrogen-bond donors (Lipinski definition) is 1. The third-order valence-corrected chi connectivity index (χ3v) is 5.86. The predicted molar refractivity (Wildman–Crippen MR) is 131 cm³/mol. The Morgan fingerprint density at radius 2 is 2.03 bits per heavy atom. The molecule has 1 N–H and O–H groups in total. The molecular formula is C26H24N6O3. The second kappa shape index (κ2) is 9.38. The number of nitrogens with zero attached hydrogens (tertiary/aromatic N) is 5. The molecule has 1 atom stereocenters. The molecule has 0 fully saturated rings. The third-order valence-electron chi connectivity index (χ3n) is 5.86. The summed E-state index contributed by atoms with van der Waals surface area (Å²) < 4.78 is 12.8. The van der Waals surface area contributed by atoms with Crippen molar-refractivity contribution in [2.45, 2.75) is 19.3 Å². The van der Waals surface area contributed by atoms with Crippen LogP contribution in [0.15, 0.2) is 67.4 Å². The Balaban J connectivity index is 1.58. The first-order valence-electron chi connectivity index (χ1n) is 11.2. The van der Waals surface area contributed by atoms with E-state index in [1.807, 2.05) is 55.5 Å². The number of amides is 1. The number of benzene rings is 2. The summed E-state index contributed by atoms with van der Waals surface area (Å²) in [6.07, 6.45) is 3.55. The third kappa shape index (κ3) is 4.23. The van der Waals surface area contributed by atoms with Crippen LogP contribution in [0, 0.1) is 6.92 Å². The van der Waals surface area contributed by atoms with Crippen LogP contribution in [0.1, 0.15) is 29.2 Å². The second-order valence-corrected chi connectivity index (χ2v) is 8.08. The molecule has 9 heteroatoms. The van der Waals surface area contributed by atoms with E-state index in [0.717, 1.165) is 22.4 Å². The molecule has 0 saturated heterocycles. The van der Waals surface area contributed by atoms with Gasteiger partial charge in [-0.1, -0.05) is 49.1 Å². The van der Waals surface area contributed by atoms with Crippen molar-refractivity contribution in [3.63, 3.8) is 0 Å². The van der Waals surface area contributed by atoms with Crippen molar-refractivity contribution in [1.29, 1.82) is 0 Å². The van der Waals surface area contributed by atoms with Crippen LogP contribution < -0.4 is 14.8 Å². The van der Waals surface area contributed by atoms with Crippen LogP contribution in [0.25, 0.3) is 17.2 Å². The van der Waals surface area contributed by atoms with Gasteiger partial charge < -0.3 is 14.8 Å². The van der Waals surface area contributed by atoms with E-state index in [9.17, 15) is 4.79 Å². The summed E-state index contributed by atoms with van der Waals surface area (Å²) in [6.45, 7) is 5.96. The van der Waals surface area contributed by atoms with Crippen molar-refractivity contribution in [1.82, 2.24) is 25.0 Å². The van der Waals surface area contributed by atoms with Crippen LogP contribution >= 0.6 is 0 Å². The van der Waals surface area contributed by atoms with Gasteiger partial charge in [-0.25, -0.2) is 4.98 Å². The van der Waals surface area contributed by atoms with Crippen molar-refractivity contribution >= 4 is 11.7 Å². The number of carbonyl (C=O) groups is 1. The first-order chi connectivity index (χ1) is 17.1. The maximum atomic E-state index is 12.8. The maximum absolute atomic E-state index is 12.8. The molecule has 0 saturated carbocycles. The molecule has 9 nitrogen and oxygen atoms in total. The average molecular weight is 469 g/mol. The van der Waals surface area contributed by atoms with E-state index < -0.39 is 0 Å². The van der Waals surface area contributed by atoms with Crippen LogP contribution in [0.4, 0.5) is 5.82 Å². The fourth-order valence-corrected chi connectivity index (χ4v) is 4.28. The number of rotatable bonds is 7. The zero-order valence-corrected chi connectivity index (χ0v) is 19.4. The van der Waals surface area contributed by atoms with Gasteiger partial charge in [-0.05, 0) is 24.6 Å². The summed E-state index contributed by atoms with van der Waals surface area (Å²) in [5.74, 6) is 1.67. The van der Waals surface area contributed by atoms with Gasteiger partial charge in [0.2, 0.25) is 5.91 Å². The number of anilines is 1. The summed E-state index contributed by atoms with van der Waals surface area (Å²) in [5, 5.41) is 16.0. The Hall–Kier alpha value is -4.53. The quantitative estimate of drug-likeness (QED) is 0.408. The minimum atomic E-state index is -0.227. The van der Waals surface area contributed by atoms with E-state index in [2.05, 4.69) is 32.2 Å². The Morgan fingerprint density at radius 3 is 2.80 bits per heavy atom. The van der Waals surface area contributed by atoms with Crippen molar-refractivity contribution < 1.29 is 14.3 Å². The van der Waals surface area contributed by atoms with Crippen LogP contribution in [0.5, 0.6) is 11.5 Å². The highest BCUT2D eigenvalue weighted by Crippen LogP contribution is 2.42. The van der Waals surface area contributed by atoms with E-state index in [-0.39, 0.29) is 24.2 Å². The van der Waals surface area contributed by atoms with Gasteiger partial charge >= 0.3 is 0 Å². The lowest BCUT2D eigenvalue weighted by molar-refractivity contribution is -0.116. The number of fused-ring (bicyclic) bond motifs is 1. The smallest absolute Gasteiger partial charge is 0.272 e. The molecule has 0 spiro atoms. The van der Waals surface area contributed by atoms with E-state index in [4.69, 9.17) is 9.47 Å². The number of aryl methyl sites for hydroxylation is 1. The van der Waals surface area contributed by atoms with Gasteiger partial charge in [0.1, 0.15) is 12.4 Å². The molecule has 5 rings (SSSR count). The van der Waals surface area contributed by atoms with Crippen LogP contribution in [-0.2, 0) is 4.79 Å². The topological polar surface area (TPSA) is 104 Å². The Morgan fingerprint density at radius 1 is 1.20 bits per heavy atom. The Labute approximate surface area is 202 Å². The highest BCUT2D eigenvalue weighted by atomic mass is 16.5. The summed E-state index contributed by atoms with van der Waals surface area (Å²) in [4.78, 5) is 17.5. The molecule has 1 aliphatic heterocycles. The van der Waals surface area contributed by atoms with Crippen LogP contribution in [0.3, 0.4) is 0 Å². The van der Waals surface area contributed by atoms with Crippen molar-refractivity contribution in [3.05, 3.63) is 84.2 Å². The number of aromatic nitrogens is 5. The first-order valence-corrected chi connectivity index (χ1v) is 11.2. The first kappa shape index (κ1) is 22.3. The fourth-order valence-electron chi connectivity index (χ4n) is 4.28. The Bertz CT molecular complexity index is 1400. The molecule has 4 aromatic rings. The van der Waals surface area contributed by atoms with Gasteiger partial charge in [-0.3, -0.25) is 4.79 Å². The van der Waals surface area contributed by atoms with E-state index in [1.165, 1.54) is 0 Å². The van der Waals surface area contributed by atoms with Crippen molar-refractivity contribution in [3.8, 4) is 28.7 Å². The molecule has 2 aromatic carbocycles. The zero-order valence-electron chi connectivity index (χ0n) is 19.4. The molecule has 1 aliphatic rings.